The number of nitrogen functional groups attached to an aromatic ring is 1. The van der Waals surface area contributed by atoms with Gasteiger partial charge in [0.15, 0.2) is 0 Å². The molecule has 1 aromatic heterocycles. The number of nitrogens with two attached hydrogens (primary N) is 1. The van der Waals surface area contributed by atoms with Crippen LogP contribution in [0, 0.1) is 0 Å². The molecular weight excluding hydrogens is 331 g/mol. The molecule has 2 aromatic rings. The van der Waals surface area contributed by atoms with E-state index in [2.05, 4.69) is 10.4 Å². The quantitative estimate of drug-likeness (QED) is 0.583. The van der Waals surface area contributed by atoms with Gasteiger partial charge in [-0.3, -0.25) is 9.48 Å². The number of nitrogens with one attached hydrogen (secondary N) is 1. The van der Waals surface area contributed by atoms with Gasteiger partial charge in [0.05, 0.1) is 6.04 Å². The summed E-state index contributed by atoms with van der Waals surface area (Å²) < 4.78 is 1.49. The maximum absolute atomic E-state index is 12.7. The average Bonchev–Trinajstić information content (AvgIpc) is 3.12. The minimum Gasteiger partial charge on any atom is -0.549 e. The minimum atomic E-state index is -1.13. The molecule has 7 nitrogen and oxygen atoms in total. The molecule has 0 saturated heterocycles. The van der Waals surface area contributed by atoms with Gasteiger partial charge in [-0.2, -0.15) is 5.10 Å². The van der Waals surface area contributed by atoms with Crippen molar-refractivity contribution in [2.45, 2.75) is 37.8 Å². The second-order valence-corrected chi connectivity index (χ2v) is 6.51. The Kier molecular flexibility index (Phi) is 5.61. The van der Waals surface area contributed by atoms with Crippen molar-refractivity contribution < 1.29 is 44.3 Å². The molecule has 0 saturated carbocycles. The van der Waals surface area contributed by atoms with Gasteiger partial charge in [0.2, 0.25) is 5.91 Å². The molecule has 0 fully saturated rings. The SMILES string of the molecule is CC(C)(C(=O)NC1CC(C(=O)[O-])c2ccccc21)n1ccc(N)n1.[Na+]. The van der Waals surface area contributed by atoms with Crippen LogP contribution in [-0.2, 0) is 15.1 Å². The first-order chi connectivity index (χ1) is 11.3. The number of amides is 1. The van der Waals surface area contributed by atoms with Crippen molar-refractivity contribution in [1.29, 1.82) is 0 Å². The number of aliphatic carboxylic acids is 1. The number of nitrogens with zero attached hydrogens (tertiary/aromatic N) is 2. The molecule has 1 heterocycles. The fraction of sp³-hybridized carbons (Fsp3) is 0.353. The number of hydrogen-bond donors (Lipinski definition) is 2. The summed E-state index contributed by atoms with van der Waals surface area (Å²) in [6.07, 6.45) is 1.92. The Morgan fingerprint density at radius 2 is 1.92 bits per heavy atom. The van der Waals surface area contributed by atoms with E-state index in [-0.39, 0.29) is 47.9 Å². The standard InChI is InChI=1S/C17H20N4O3.Na/c1-17(2,21-8-7-14(18)20-21)16(24)19-13-9-12(15(22)23)10-5-3-4-6-11(10)13;/h3-8,12-13H,9H2,1-2H3,(H2,18,20)(H,19,24)(H,22,23);/q;+1/p-1. The number of fused-ring (bicyclic) bond motifs is 1. The topological polar surface area (TPSA) is 113 Å². The van der Waals surface area contributed by atoms with Gasteiger partial charge in [0.25, 0.3) is 0 Å². The molecule has 3 N–H and O–H groups in total. The molecule has 0 aliphatic heterocycles. The molecule has 126 valence electrons. The van der Waals surface area contributed by atoms with Crippen molar-refractivity contribution in [3.05, 3.63) is 47.7 Å². The first-order valence-electron chi connectivity index (χ1n) is 7.73. The molecule has 2 unspecified atom stereocenters. The van der Waals surface area contributed by atoms with E-state index >= 15 is 0 Å². The van der Waals surface area contributed by atoms with E-state index < -0.39 is 17.4 Å². The second-order valence-electron chi connectivity index (χ2n) is 6.51. The zero-order chi connectivity index (χ0) is 17.5. The number of anilines is 1. The zero-order valence-corrected chi connectivity index (χ0v) is 16.5. The molecule has 25 heavy (non-hydrogen) atoms. The van der Waals surface area contributed by atoms with E-state index in [0.29, 0.717) is 11.4 Å². The molecule has 1 aliphatic carbocycles. The number of carboxylic acids is 1. The first-order valence-corrected chi connectivity index (χ1v) is 7.73. The van der Waals surface area contributed by atoms with Crippen molar-refractivity contribution in [2.24, 2.45) is 0 Å². The number of aromatic nitrogens is 2. The predicted molar refractivity (Wildman–Crippen MR) is 85.7 cm³/mol. The van der Waals surface area contributed by atoms with Gasteiger partial charge in [-0.15, -0.1) is 0 Å². The maximum atomic E-state index is 12.7. The number of benzene rings is 1. The van der Waals surface area contributed by atoms with Crippen molar-refractivity contribution >= 4 is 17.7 Å². The van der Waals surface area contributed by atoms with Crippen LogP contribution in [0.25, 0.3) is 0 Å². The minimum absolute atomic E-state index is 0. The number of hydrogen-bond acceptors (Lipinski definition) is 5. The Morgan fingerprint density at radius 3 is 2.48 bits per heavy atom. The summed E-state index contributed by atoms with van der Waals surface area (Å²) in [5.74, 6) is -1.77. The van der Waals surface area contributed by atoms with Crippen LogP contribution in [0.15, 0.2) is 36.5 Å². The van der Waals surface area contributed by atoms with Gasteiger partial charge in [0.1, 0.15) is 11.4 Å². The van der Waals surface area contributed by atoms with Crippen LogP contribution in [0.3, 0.4) is 0 Å². The summed E-state index contributed by atoms with van der Waals surface area (Å²) in [4.78, 5) is 24.1. The molecule has 2 atom stereocenters. The first kappa shape index (κ1) is 19.5. The summed E-state index contributed by atoms with van der Waals surface area (Å²) in [5.41, 5.74) is 6.18. The molecule has 3 rings (SSSR count). The van der Waals surface area contributed by atoms with Crippen LogP contribution < -0.4 is 45.7 Å². The number of carbonyl (C=O) groups is 2. The Balaban J connectivity index is 0.00000225. The summed E-state index contributed by atoms with van der Waals surface area (Å²) in [6.45, 7) is 3.46. The number of carboxylic acid groups (broad SMARTS) is 1. The van der Waals surface area contributed by atoms with Gasteiger partial charge in [-0.05, 0) is 37.5 Å². The normalized spacial score (nSPS) is 19.0. The van der Waals surface area contributed by atoms with Crippen molar-refractivity contribution in [2.75, 3.05) is 5.73 Å². The third kappa shape index (κ3) is 3.58. The van der Waals surface area contributed by atoms with Crippen LogP contribution in [0.1, 0.15) is 43.4 Å². The number of carbonyl (C=O) groups excluding carboxylic acids is 2. The summed E-state index contributed by atoms with van der Waals surface area (Å²) in [5, 5.41) is 18.4. The van der Waals surface area contributed by atoms with Crippen molar-refractivity contribution in [3.63, 3.8) is 0 Å². The van der Waals surface area contributed by atoms with Gasteiger partial charge in [0, 0.05) is 18.1 Å². The zero-order valence-electron chi connectivity index (χ0n) is 14.5. The van der Waals surface area contributed by atoms with Crippen LogP contribution >= 0.6 is 0 Å². The Labute approximate surface area is 167 Å². The van der Waals surface area contributed by atoms with Crippen LogP contribution in [0.2, 0.25) is 0 Å². The number of rotatable bonds is 4. The summed E-state index contributed by atoms with van der Waals surface area (Å²) in [7, 11) is 0. The average molecular weight is 350 g/mol. The molecule has 0 bridgehead atoms. The fourth-order valence-corrected chi connectivity index (χ4v) is 3.08. The van der Waals surface area contributed by atoms with E-state index in [1.807, 2.05) is 12.1 Å². The van der Waals surface area contributed by atoms with Gasteiger partial charge in [-0.25, -0.2) is 0 Å². The van der Waals surface area contributed by atoms with Gasteiger partial charge in [-0.1, -0.05) is 24.3 Å². The second kappa shape index (κ2) is 7.19. The maximum Gasteiger partial charge on any atom is 1.00 e. The molecule has 1 aromatic carbocycles. The van der Waals surface area contributed by atoms with Crippen LogP contribution in [-0.4, -0.2) is 21.7 Å². The fourth-order valence-electron chi connectivity index (χ4n) is 3.08. The molecule has 0 spiro atoms. The third-order valence-electron chi connectivity index (χ3n) is 4.55. The van der Waals surface area contributed by atoms with Crippen molar-refractivity contribution in [1.82, 2.24) is 15.1 Å². The largest absolute Gasteiger partial charge is 1.00 e. The summed E-state index contributed by atoms with van der Waals surface area (Å²) in [6, 6.07) is 8.46. The van der Waals surface area contributed by atoms with Gasteiger partial charge >= 0.3 is 29.6 Å². The van der Waals surface area contributed by atoms with E-state index in [0.717, 1.165) is 5.56 Å². The van der Waals surface area contributed by atoms with Gasteiger partial charge < -0.3 is 21.0 Å². The molecular formula is C17H19N4NaO3. The molecule has 1 amide bonds. The van der Waals surface area contributed by atoms with E-state index in [1.165, 1.54) is 4.68 Å². The Morgan fingerprint density at radius 1 is 1.28 bits per heavy atom. The molecule has 1 aliphatic rings. The predicted octanol–water partition coefficient (Wildman–Crippen LogP) is -2.70. The van der Waals surface area contributed by atoms with Crippen molar-refractivity contribution in [3.8, 4) is 0 Å². The van der Waals surface area contributed by atoms with Crippen LogP contribution in [0.4, 0.5) is 5.82 Å². The molecule has 8 heteroatoms. The smallest absolute Gasteiger partial charge is 0.549 e. The van der Waals surface area contributed by atoms with E-state index in [1.54, 1.807) is 38.2 Å². The van der Waals surface area contributed by atoms with E-state index in [4.69, 9.17) is 5.73 Å². The van der Waals surface area contributed by atoms with Crippen LogP contribution in [0.5, 0.6) is 0 Å². The third-order valence-corrected chi connectivity index (χ3v) is 4.55. The summed E-state index contributed by atoms with van der Waals surface area (Å²) >= 11 is 0. The Bertz CT molecular complexity index is 803. The monoisotopic (exact) mass is 350 g/mol. The molecule has 0 radical (unpaired) electrons. The Hall–Kier alpha value is -1.83. The van der Waals surface area contributed by atoms with E-state index in [9.17, 15) is 14.7 Å².